The maximum atomic E-state index is 12.5. The average Bonchev–Trinajstić information content (AvgIpc) is 3.07. The summed E-state index contributed by atoms with van der Waals surface area (Å²) in [7, 11) is -2.01. The topological polar surface area (TPSA) is 114 Å². The molecule has 0 spiro atoms. The number of aromatic nitrogens is 1. The molecule has 0 radical (unpaired) electrons. The second-order valence-corrected chi connectivity index (χ2v) is 9.31. The van der Waals surface area contributed by atoms with Gasteiger partial charge in [0.15, 0.2) is 15.0 Å². The van der Waals surface area contributed by atoms with Crippen molar-refractivity contribution in [2.24, 2.45) is 0 Å². The van der Waals surface area contributed by atoms with E-state index in [-0.39, 0.29) is 23.2 Å². The van der Waals surface area contributed by atoms with Crippen LogP contribution in [-0.2, 0) is 19.4 Å². The van der Waals surface area contributed by atoms with Crippen LogP contribution in [0.5, 0.6) is 0 Å². The Bertz CT molecular complexity index is 1150. The van der Waals surface area contributed by atoms with Gasteiger partial charge in [0.1, 0.15) is 0 Å². The first-order chi connectivity index (χ1) is 13.8. The summed E-state index contributed by atoms with van der Waals surface area (Å²) >= 11 is 1.27. The molecule has 0 aliphatic carbocycles. The number of carbonyl (C=O) groups excluding carboxylic acids is 2. The number of fused-ring (bicyclic) bond motifs is 1. The molecule has 0 saturated carbocycles. The first kappa shape index (κ1) is 20.9. The standard InChI is InChI=1S/C19H19N3O5S2/c1-12(23)20-14-5-8-16-17(11-14)28-19(21-16)22-18(24)13-3-6-15(7-4-13)29(25,26)10-9-27-2/h3-8,11H,9-10H2,1-2H3,(H,20,23)(H,21,22,24). The number of hydrogen-bond donors (Lipinski definition) is 2. The second kappa shape index (κ2) is 8.68. The fraction of sp³-hybridized carbons (Fsp3) is 0.211. The quantitative estimate of drug-likeness (QED) is 0.592. The number of nitrogens with zero attached hydrogens (tertiary/aromatic N) is 1. The second-order valence-electron chi connectivity index (χ2n) is 6.17. The van der Waals surface area contributed by atoms with Crippen LogP contribution < -0.4 is 10.6 Å². The molecule has 2 N–H and O–H groups in total. The van der Waals surface area contributed by atoms with E-state index in [1.807, 2.05) is 0 Å². The summed E-state index contributed by atoms with van der Waals surface area (Å²) in [6.07, 6.45) is 0. The molecule has 10 heteroatoms. The summed E-state index contributed by atoms with van der Waals surface area (Å²) < 4.78 is 29.9. The van der Waals surface area contributed by atoms with Crippen LogP contribution in [0.2, 0.25) is 0 Å². The SMILES string of the molecule is COCCS(=O)(=O)c1ccc(C(=O)Nc2nc3ccc(NC(C)=O)cc3s2)cc1. The fourth-order valence-corrected chi connectivity index (χ4v) is 4.63. The van der Waals surface area contributed by atoms with Gasteiger partial charge in [-0.1, -0.05) is 11.3 Å². The molecule has 3 rings (SSSR count). The molecular formula is C19H19N3O5S2. The lowest BCUT2D eigenvalue weighted by molar-refractivity contribution is -0.114. The summed E-state index contributed by atoms with van der Waals surface area (Å²) in [6, 6.07) is 11.0. The normalized spacial score (nSPS) is 11.4. The summed E-state index contributed by atoms with van der Waals surface area (Å²) in [5.74, 6) is -0.691. The number of carbonyl (C=O) groups is 2. The molecular weight excluding hydrogens is 414 g/mol. The first-order valence-corrected chi connectivity index (χ1v) is 11.1. The zero-order chi connectivity index (χ0) is 21.0. The molecule has 0 unspecified atom stereocenters. The minimum Gasteiger partial charge on any atom is -0.384 e. The Labute approximate surface area is 171 Å². The lowest BCUT2D eigenvalue weighted by Gasteiger charge is -2.05. The van der Waals surface area contributed by atoms with Crippen molar-refractivity contribution in [2.45, 2.75) is 11.8 Å². The minimum atomic E-state index is -3.45. The molecule has 2 aromatic carbocycles. The van der Waals surface area contributed by atoms with E-state index in [0.29, 0.717) is 21.9 Å². The Morgan fingerprint density at radius 3 is 2.48 bits per heavy atom. The monoisotopic (exact) mass is 433 g/mol. The lowest BCUT2D eigenvalue weighted by Crippen LogP contribution is -2.13. The summed E-state index contributed by atoms with van der Waals surface area (Å²) in [5, 5.41) is 5.82. The Balaban J connectivity index is 1.73. The molecule has 1 aromatic heterocycles. The number of hydrogen-bond acceptors (Lipinski definition) is 7. The van der Waals surface area contributed by atoms with E-state index in [1.165, 1.54) is 49.6 Å². The van der Waals surface area contributed by atoms with Crippen LogP contribution in [0.15, 0.2) is 47.4 Å². The van der Waals surface area contributed by atoms with Gasteiger partial charge < -0.3 is 10.1 Å². The van der Waals surface area contributed by atoms with Crippen LogP contribution in [0, 0.1) is 0 Å². The van der Waals surface area contributed by atoms with Crippen LogP contribution in [0.25, 0.3) is 10.2 Å². The van der Waals surface area contributed by atoms with Gasteiger partial charge in [0.25, 0.3) is 5.91 Å². The number of sulfone groups is 1. The average molecular weight is 434 g/mol. The maximum absolute atomic E-state index is 12.5. The van der Waals surface area contributed by atoms with Crippen LogP contribution >= 0.6 is 11.3 Å². The minimum absolute atomic E-state index is 0.103. The Kier molecular flexibility index (Phi) is 6.26. The van der Waals surface area contributed by atoms with E-state index >= 15 is 0 Å². The van der Waals surface area contributed by atoms with Gasteiger partial charge in [-0.2, -0.15) is 0 Å². The number of methoxy groups -OCH3 is 1. The number of anilines is 2. The zero-order valence-corrected chi connectivity index (χ0v) is 17.4. The van der Waals surface area contributed by atoms with E-state index in [1.54, 1.807) is 18.2 Å². The number of thiazole rings is 1. The Morgan fingerprint density at radius 2 is 1.83 bits per heavy atom. The summed E-state index contributed by atoms with van der Waals surface area (Å²) in [5.41, 5.74) is 1.66. The zero-order valence-electron chi connectivity index (χ0n) is 15.8. The van der Waals surface area contributed by atoms with E-state index in [9.17, 15) is 18.0 Å². The number of nitrogens with one attached hydrogen (secondary N) is 2. The number of rotatable bonds is 7. The van der Waals surface area contributed by atoms with Crippen LogP contribution in [0.4, 0.5) is 10.8 Å². The van der Waals surface area contributed by atoms with Gasteiger partial charge >= 0.3 is 0 Å². The number of benzene rings is 2. The highest BCUT2D eigenvalue weighted by Gasteiger charge is 2.16. The van der Waals surface area contributed by atoms with Crippen molar-refractivity contribution in [3.05, 3.63) is 48.0 Å². The molecule has 3 aromatic rings. The van der Waals surface area contributed by atoms with Gasteiger partial charge in [-0.05, 0) is 42.5 Å². The van der Waals surface area contributed by atoms with Crippen molar-refractivity contribution in [1.29, 1.82) is 0 Å². The lowest BCUT2D eigenvalue weighted by atomic mass is 10.2. The molecule has 0 atom stereocenters. The fourth-order valence-electron chi connectivity index (χ4n) is 2.55. The van der Waals surface area contributed by atoms with Gasteiger partial charge in [-0.25, -0.2) is 13.4 Å². The van der Waals surface area contributed by atoms with E-state index < -0.39 is 15.7 Å². The van der Waals surface area contributed by atoms with Gasteiger partial charge in [0, 0.05) is 25.3 Å². The number of amides is 2. The molecule has 29 heavy (non-hydrogen) atoms. The highest BCUT2D eigenvalue weighted by Crippen LogP contribution is 2.28. The molecule has 0 bridgehead atoms. The van der Waals surface area contributed by atoms with Gasteiger partial charge in [0.05, 0.1) is 27.5 Å². The Hall–Kier alpha value is -2.82. The molecule has 0 saturated heterocycles. The van der Waals surface area contributed by atoms with E-state index in [0.717, 1.165) is 4.70 Å². The molecule has 0 aliphatic heterocycles. The highest BCUT2D eigenvalue weighted by atomic mass is 32.2. The molecule has 0 aliphatic rings. The molecule has 2 amide bonds. The van der Waals surface area contributed by atoms with Crippen LogP contribution in [0.1, 0.15) is 17.3 Å². The summed E-state index contributed by atoms with van der Waals surface area (Å²) in [4.78, 5) is 28.1. The third-order valence-corrected chi connectivity index (χ3v) is 6.59. The van der Waals surface area contributed by atoms with Crippen molar-refractivity contribution in [1.82, 2.24) is 4.98 Å². The van der Waals surface area contributed by atoms with Crippen molar-refractivity contribution >= 4 is 54.0 Å². The van der Waals surface area contributed by atoms with Gasteiger partial charge in [-0.15, -0.1) is 0 Å². The van der Waals surface area contributed by atoms with Crippen molar-refractivity contribution in [3.63, 3.8) is 0 Å². The van der Waals surface area contributed by atoms with Crippen LogP contribution in [-0.4, -0.2) is 44.7 Å². The molecule has 1 heterocycles. The third-order valence-electron chi connectivity index (χ3n) is 3.96. The Morgan fingerprint density at radius 1 is 1.10 bits per heavy atom. The maximum Gasteiger partial charge on any atom is 0.257 e. The predicted octanol–water partition coefficient (Wildman–Crippen LogP) is 2.93. The number of ether oxygens (including phenoxy) is 1. The van der Waals surface area contributed by atoms with E-state index in [2.05, 4.69) is 15.6 Å². The van der Waals surface area contributed by atoms with Gasteiger partial charge in [-0.3, -0.25) is 14.9 Å². The predicted molar refractivity (Wildman–Crippen MR) is 112 cm³/mol. The van der Waals surface area contributed by atoms with Crippen molar-refractivity contribution in [2.75, 3.05) is 30.1 Å². The molecule has 8 nitrogen and oxygen atoms in total. The first-order valence-electron chi connectivity index (χ1n) is 8.60. The molecule has 152 valence electrons. The smallest absolute Gasteiger partial charge is 0.257 e. The van der Waals surface area contributed by atoms with Gasteiger partial charge in [0.2, 0.25) is 5.91 Å². The molecule has 0 fully saturated rings. The highest BCUT2D eigenvalue weighted by molar-refractivity contribution is 7.91. The van der Waals surface area contributed by atoms with Crippen molar-refractivity contribution < 1.29 is 22.7 Å². The third kappa shape index (κ3) is 5.17. The van der Waals surface area contributed by atoms with Crippen molar-refractivity contribution in [3.8, 4) is 0 Å². The summed E-state index contributed by atoms with van der Waals surface area (Å²) in [6.45, 7) is 1.53. The van der Waals surface area contributed by atoms with E-state index in [4.69, 9.17) is 4.74 Å². The van der Waals surface area contributed by atoms with Crippen LogP contribution in [0.3, 0.4) is 0 Å². The largest absolute Gasteiger partial charge is 0.384 e.